The lowest BCUT2D eigenvalue weighted by Gasteiger charge is -2.30. The quantitative estimate of drug-likeness (QED) is 0.938. The highest BCUT2D eigenvalue weighted by Crippen LogP contribution is 2.38. The van der Waals surface area contributed by atoms with Crippen LogP contribution in [0.3, 0.4) is 0 Å². The zero-order chi connectivity index (χ0) is 15.7. The van der Waals surface area contributed by atoms with Gasteiger partial charge in [0.15, 0.2) is 5.75 Å². The second-order valence-electron chi connectivity index (χ2n) is 5.69. The molecule has 0 fully saturated rings. The van der Waals surface area contributed by atoms with Gasteiger partial charge in [0.2, 0.25) is 5.43 Å². The van der Waals surface area contributed by atoms with Crippen LogP contribution < -0.4 is 5.43 Å². The van der Waals surface area contributed by atoms with Gasteiger partial charge in [0.25, 0.3) is 0 Å². The Morgan fingerprint density at radius 3 is 3.09 bits per heavy atom. The van der Waals surface area contributed by atoms with Crippen molar-refractivity contribution in [3.63, 3.8) is 0 Å². The lowest BCUT2D eigenvalue weighted by Crippen LogP contribution is -2.27. The Hall–Kier alpha value is -1.66. The fourth-order valence-electron chi connectivity index (χ4n) is 2.90. The van der Waals surface area contributed by atoms with Gasteiger partial charge in [0.05, 0.1) is 17.2 Å². The first-order chi connectivity index (χ1) is 10.6. The summed E-state index contributed by atoms with van der Waals surface area (Å²) in [5.41, 5.74) is 0.835. The maximum Gasteiger partial charge on any atom is 0.226 e. The molecule has 6 heteroatoms. The zero-order valence-corrected chi connectivity index (χ0v) is 13.7. The third-order valence-electron chi connectivity index (χ3n) is 4.07. The van der Waals surface area contributed by atoms with E-state index >= 15 is 0 Å². The molecule has 5 nitrogen and oxygen atoms in total. The summed E-state index contributed by atoms with van der Waals surface area (Å²) < 4.78 is 5.31. The van der Waals surface area contributed by atoms with Crippen molar-refractivity contribution in [1.82, 2.24) is 9.88 Å². The highest BCUT2D eigenvalue weighted by molar-refractivity contribution is 7.11. The van der Waals surface area contributed by atoms with Crippen LogP contribution >= 0.6 is 11.3 Å². The van der Waals surface area contributed by atoms with E-state index in [-0.39, 0.29) is 5.75 Å². The maximum absolute atomic E-state index is 11.5. The van der Waals surface area contributed by atoms with E-state index in [9.17, 15) is 9.90 Å². The second kappa shape index (κ2) is 6.22. The van der Waals surface area contributed by atoms with Crippen LogP contribution in [-0.4, -0.2) is 22.0 Å². The zero-order valence-electron chi connectivity index (χ0n) is 12.8. The molecule has 1 N–H and O–H groups in total. The summed E-state index contributed by atoms with van der Waals surface area (Å²) in [5, 5.41) is 10.5. The number of aryl methyl sites for hydroxylation is 2. The number of thiazole rings is 1. The first-order valence-corrected chi connectivity index (χ1v) is 8.39. The minimum absolute atomic E-state index is 0.320. The Bertz CT molecular complexity index is 722. The van der Waals surface area contributed by atoms with Gasteiger partial charge in [0.1, 0.15) is 12.0 Å². The van der Waals surface area contributed by atoms with E-state index in [1.54, 1.807) is 11.3 Å². The van der Waals surface area contributed by atoms with Crippen molar-refractivity contribution in [2.45, 2.75) is 45.2 Å². The van der Waals surface area contributed by atoms with E-state index in [1.807, 2.05) is 7.05 Å². The molecule has 0 saturated carbocycles. The van der Waals surface area contributed by atoms with E-state index < -0.39 is 5.43 Å². The van der Waals surface area contributed by atoms with Gasteiger partial charge in [-0.25, -0.2) is 4.98 Å². The molecule has 118 valence electrons. The molecule has 0 radical (unpaired) electrons. The van der Waals surface area contributed by atoms with Crippen molar-refractivity contribution in [3.8, 4) is 5.75 Å². The molecule has 2 aromatic heterocycles. The molecular weight excluding hydrogens is 300 g/mol. The van der Waals surface area contributed by atoms with Crippen LogP contribution in [0, 0.1) is 0 Å². The fraction of sp³-hybridized carbons (Fsp3) is 0.500. The third kappa shape index (κ3) is 2.94. The molecular formula is C16H20N2O3S. The topological polar surface area (TPSA) is 66.6 Å². The number of aromatic nitrogens is 1. The third-order valence-corrected chi connectivity index (χ3v) is 5.42. The SMILES string of the molecule is CCc1nc2c(s1)C(N(C)Cc1cc(=O)c(O)co1)CCC2. The normalized spacial score (nSPS) is 17.7. The summed E-state index contributed by atoms with van der Waals surface area (Å²) in [6, 6.07) is 1.68. The number of hydrogen-bond donors (Lipinski definition) is 1. The van der Waals surface area contributed by atoms with Gasteiger partial charge in [0, 0.05) is 17.0 Å². The van der Waals surface area contributed by atoms with Crippen LogP contribution in [0.5, 0.6) is 5.75 Å². The van der Waals surface area contributed by atoms with Gasteiger partial charge in [-0.3, -0.25) is 9.69 Å². The summed E-state index contributed by atoms with van der Waals surface area (Å²) in [7, 11) is 2.04. The van der Waals surface area contributed by atoms with E-state index in [4.69, 9.17) is 9.40 Å². The molecule has 0 saturated heterocycles. The number of fused-ring (bicyclic) bond motifs is 1. The van der Waals surface area contributed by atoms with Crippen molar-refractivity contribution in [2.24, 2.45) is 0 Å². The maximum atomic E-state index is 11.5. The summed E-state index contributed by atoms with van der Waals surface area (Å²) in [6.45, 7) is 2.67. The predicted molar refractivity (Wildman–Crippen MR) is 85.3 cm³/mol. The molecule has 22 heavy (non-hydrogen) atoms. The average molecular weight is 320 g/mol. The standard InChI is InChI=1S/C16H20N2O3S/c1-3-15-17-11-5-4-6-12(16(11)22-15)18(2)8-10-7-13(19)14(20)9-21-10/h7,9,12,20H,3-6,8H2,1-2H3. The van der Waals surface area contributed by atoms with Crippen LogP contribution in [0.2, 0.25) is 0 Å². The van der Waals surface area contributed by atoms with E-state index in [2.05, 4.69) is 11.8 Å². The smallest absolute Gasteiger partial charge is 0.226 e. The molecule has 0 spiro atoms. The summed E-state index contributed by atoms with van der Waals surface area (Å²) >= 11 is 1.80. The minimum atomic E-state index is -0.398. The molecule has 0 aromatic carbocycles. The van der Waals surface area contributed by atoms with Gasteiger partial charge >= 0.3 is 0 Å². The highest BCUT2D eigenvalue weighted by atomic mass is 32.1. The molecule has 1 aliphatic carbocycles. The molecule has 0 amide bonds. The lowest BCUT2D eigenvalue weighted by atomic mass is 9.97. The summed E-state index contributed by atoms with van der Waals surface area (Å²) in [4.78, 5) is 19.8. The number of nitrogens with zero attached hydrogens (tertiary/aromatic N) is 2. The minimum Gasteiger partial charge on any atom is -0.502 e. The molecule has 0 bridgehead atoms. The largest absolute Gasteiger partial charge is 0.502 e. The Labute approximate surface area is 133 Å². The van der Waals surface area contributed by atoms with Crippen molar-refractivity contribution in [2.75, 3.05) is 7.05 Å². The Balaban J connectivity index is 1.81. The Morgan fingerprint density at radius 1 is 1.55 bits per heavy atom. The molecule has 1 aliphatic rings. The second-order valence-corrected chi connectivity index (χ2v) is 6.81. The van der Waals surface area contributed by atoms with Gasteiger partial charge in [-0.2, -0.15) is 0 Å². The Kier molecular flexibility index (Phi) is 4.31. The highest BCUT2D eigenvalue weighted by Gasteiger charge is 2.27. The van der Waals surface area contributed by atoms with Gasteiger partial charge in [-0.15, -0.1) is 11.3 Å². The predicted octanol–water partition coefficient (Wildman–Crippen LogP) is 2.87. The fourth-order valence-corrected chi connectivity index (χ4v) is 4.16. The monoisotopic (exact) mass is 320 g/mol. The van der Waals surface area contributed by atoms with Crippen molar-refractivity contribution >= 4 is 11.3 Å². The number of hydrogen-bond acceptors (Lipinski definition) is 6. The van der Waals surface area contributed by atoms with E-state index in [0.717, 1.165) is 31.9 Å². The number of aromatic hydroxyl groups is 1. The van der Waals surface area contributed by atoms with E-state index in [0.29, 0.717) is 18.3 Å². The van der Waals surface area contributed by atoms with Crippen LogP contribution in [-0.2, 0) is 19.4 Å². The van der Waals surface area contributed by atoms with Crippen LogP contribution in [0.25, 0.3) is 0 Å². The Morgan fingerprint density at radius 2 is 2.36 bits per heavy atom. The molecule has 1 atom stereocenters. The van der Waals surface area contributed by atoms with Crippen molar-refractivity contribution in [1.29, 1.82) is 0 Å². The van der Waals surface area contributed by atoms with Gasteiger partial charge < -0.3 is 9.52 Å². The average Bonchev–Trinajstić information content (AvgIpc) is 2.94. The van der Waals surface area contributed by atoms with Crippen molar-refractivity contribution < 1.29 is 9.52 Å². The molecule has 3 rings (SSSR count). The van der Waals surface area contributed by atoms with Gasteiger partial charge in [-0.1, -0.05) is 6.92 Å². The molecule has 2 aromatic rings. The number of rotatable bonds is 4. The summed E-state index contributed by atoms with van der Waals surface area (Å²) in [6.07, 6.45) is 5.37. The van der Waals surface area contributed by atoms with Crippen molar-refractivity contribution in [3.05, 3.63) is 43.9 Å². The lowest BCUT2D eigenvalue weighted by molar-refractivity contribution is 0.198. The van der Waals surface area contributed by atoms with Crippen LogP contribution in [0.15, 0.2) is 21.5 Å². The summed E-state index contributed by atoms with van der Waals surface area (Å²) in [5.74, 6) is 0.221. The first kappa shape index (κ1) is 15.2. The van der Waals surface area contributed by atoms with E-state index in [1.165, 1.54) is 21.6 Å². The molecule has 2 heterocycles. The van der Waals surface area contributed by atoms with Crippen LogP contribution in [0.4, 0.5) is 0 Å². The molecule has 0 aliphatic heterocycles. The first-order valence-electron chi connectivity index (χ1n) is 7.58. The van der Waals surface area contributed by atoms with Gasteiger partial charge in [-0.05, 0) is 32.7 Å². The van der Waals surface area contributed by atoms with Crippen LogP contribution in [0.1, 0.15) is 47.1 Å². The molecule has 1 unspecified atom stereocenters.